The molecule has 0 amide bonds. The van der Waals surface area contributed by atoms with Crippen molar-refractivity contribution in [2.75, 3.05) is 0 Å². The van der Waals surface area contributed by atoms with Crippen LogP contribution in [0, 0.1) is 0 Å². The normalized spacial score (nSPS) is 10.0. The van der Waals surface area contributed by atoms with Crippen molar-refractivity contribution in [2.45, 2.75) is 13.2 Å². The molecule has 0 aliphatic rings. The van der Waals surface area contributed by atoms with Gasteiger partial charge in [-0.25, -0.2) is 9.59 Å². The summed E-state index contributed by atoms with van der Waals surface area (Å²) in [5, 5.41) is 16.0. The van der Waals surface area contributed by atoms with Gasteiger partial charge in [-0.15, -0.1) is 0 Å². The Labute approximate surface area is 75.9 Å². The van der Waals surface area contributed by atoms with E-state index in [2.05, 4.69) is 17.9 Å². The van der Waals surface area contributed by atoms with E-state index >= 15 is 0 Å². The average molecular weight is 188 g/mol. The summed E-state index contributed by atoms with van der Waals surface area (Å²) in [6, 6.07) is 0. The van der Waals surface area contributed by atoms with Gasteiger partial charge in [-0.1, -0.05) is 13.2 Å². The molecule has 0 aromatic carbocycles. The van der Waals surface area contributed by atoms with Crippen molar-refractivity contribution in [3.05, 3.63) is 25.3 Å². The van der Waals surface area contributed by atoms with Gasteiger partial charge in [-0.3, -0.25) is 0 Å². The summed E-state index contributed by atoms with van der Waals surface area (Å²) in [7, 11) is 0. The van der Waals surface area contributed by atoms with Gasteiger partial charge in [0.15, 0.2) is 6.29 Å². The Morgan fingerprint density at radius 2 is 1.77 bits per heavy atom. The number of carboxylic acids is 1. The highest BCUT2D eigenvalue weighted by atomic mass is 16.6. The maximum atomic E-state index is 10.1. The summed E-state index contributed by atoms with van der Waals surface area (Å²) >= 11 is 0. The number of hydrogen-bond acceptors (Lipinski definition) is 4. The molecule has 2 N–H and O–H groups in total. The minimum absolute atomic E-state index is 0.611. The summed E-state index contributed by atoms with van der Waals surface area (Å²) < 4.78 is 4.20. The molecule has 0 spiro atoms. The summed E-state index contributed by atoms with van der Waals surface area (Å²) in [4.78, 5) is 19.4. The summed E-state index contributed by atoms with van der Waals surface area (Å²) in [6.07, 6.45) is 0.785. The molecule has 0 bridgehead atoms. The van der Waals surface area contributed by atoms with E-state index in [4.69, 9.17) is 10.2 Å². The van der Waals surface area contributed by atoms with Crippen LogP contribution in [0.2, 0.25) is 0 Å². The molecule has 5 heteroatoms. The van der Waals surface area contributed by atoms with Gasteiger partial charge in [0.25, 0.3) is 0 Å². The Hall–Kier alpha value is -1.62. The largest absolute Gasteiger partial charge is 0.478 e. The standard InChI is InChI=1S/C5H8O3.C3H4O2/c1-3-5(7)8-4(2)6;1-2-3(4)5/h3-4,6H,1H2,2H3;2H,1H2,(H,4,5). The quantitative estimate of drug-likeness (QED) is 0.378. The van der Waals surface area contributed by atoms with Crippen LogP contribution in [0.3, 0.4) is 0 Å². The molecule has 0 aromatic heterocycles. The highest BCUT2D eigenvalue weighted by Crippen LogP contribution is 1.84. The third-order valence-electron chi connectivity index (χ3n) is 0.628. The molecule has 0 rings (SSSR count). The Kier molecular flexibility index (Phi) is 9.09. The lowest BCUT2D eigenvalue weighted by atomic mass is 10.6. The van der Waals surface area contributed by atoms with Crippen molar-refractivity contribution < 1.29 is 24.5 Å². The van der Waals surface area contributed by atoms with E-state index in [9.17, 15) is 9.59 Å². The number of esters is 1. The molecule has 0 aliphatic carbocycles. The molecule has 0 saturated heterocycles. The van der Waals surface area contributed by atoms with Crippen LogP contribution in [0.15, 0.2) is 25.3 Å². The van der Waals surface area contributed by atoms with E-state index in [0.29, 0.717) is 0 Å². The molecule has 0 aliphatic heterocycles. The van der Waals surface area contributed by atoms with Gasteiger partial charge in [0.2, 0.25) is 0 Å². The Morgan fingerprint density at radius 1 is 1.38 bits per heavy atom. The molecule has 1 unspecified atom stereocenters. The van der Waals surface area contributed by atoms with Crippen LogP contribution >= 0.6 is 0 Å². The zero-order chi connectivity index (χ0) is 10.9. The number of rotatable bonds is 3. The van der Waals surface area contributed by atoms with E-state index in [1.54, 1.807) is 0 Å². The second-order valence-corrected chi connectivity index (χ2v) is 1.78. The molecule has 1 atom stereocenters. The first kappa shape index (κ1) is 13.9. The van der Waals surface area contributed by atoms with Crippen LogP contribution in [-0.2, 0) is 14.3 Å². The Balaban J connectivity index is 0. The number of hydrogen-bond donors (Lipinski definition) is 2. The van der Waals surface area contributed by atoms with E-state index in [-0.39, 0.29) is 0 Å². The number of carbonyl (C=O) groups is 2. The number of carbonyl (C=O) groups excluding carboxylic acids is 1. The zero-order valence-corrected chi connectivity index (χ0v) is 7.27. The zero-order valence-electron chi connectivity index (χ0n) is 7.27. The van der Waals surface area contributed by atoms with Crippen molar-refractivity contribution in [2.24, 2.45) is 0 Å². The molecule has 74 valence electrons. The molecule has 0 aromatic rings. The fourth-order valence-corrected chi connectivity index (χ4v) is 0.216. The highest BCUT2D eigenvalue weighted by molar-refractivity contribution is 5.81. The van der Waals surface area contributed by atoms with E-state index in [1.165, 1.54) is 6.92 Å². The smallest absolute Gasteiger partial charge is 0.332 e. The van der Waals surface area contributed by atoms with Crippen molar-refractivity contribution in [1.82, 2.24) is 0 Å². The molecule has 0 radical (unpaired) electrons. The van der Waals surface area contributed by atoms with Gasteiger partial charge in [0, 0.05) is 12.2 Å². The minimum Gasteiger partial charge on any atom is -0.478 e. The fraction of sp³-hybridized carbons (Fsp3) is 0.250. The van der Waals surface area contributed by atoms with E-state index in [1.807, 2.05) is 0 Å². The topological polar surface area (TPSA) is 83.8 Å². The molecule has 13 heavy (non-hydrogen) atoms. The number of aliphatic carboxylic acids is 1. The van der Waals surface area contributed by atoms with Crippen LogP contribution < -0.4 is 0 Å². The first-order valence-corrected chi connectivity index (χ1v) is 3.30. The summed E-state index contributed by atoms with van der Waals surface area (Å²) in [6.45, 7) is 7.44. The molecule has 0 saturated carbocycles. The number of aliphatic hydroxyl groups is 1. The average Bonchev–Trinajstić information content (AvgIpc) is 2.04. The molecule has 0 heterocycles. The van der Waals surface area contributed by atoms with Crippen molar-refractivity contribution >= 4 is 11.9 Å². The van der Waals surface area contributed by atoms with Gasteiger partial charge < -0.3 is 14.9 Å². The lowest BCUT2D eigenvalue weighted by molar-refractivity contribution is -0.158. The van der Waals surface area contributed by atoms with Gasteiger partial charge >= 0.3 is 11.9 Å². The van der Waals surface area contributed by atoms with Gasteiger partial charge in [0.05, 0.1) is 0 Å². The van der Waals surface area contributed by atoms with Crippen molar-refractivity contribution in [3.63, 3.8) is 0 Å². The lowest BCUT2D eigenvalue weighted by Gasteiger charge is -2.01. The van der Waals surface area contributed by atoms with E-state index in [0.717, 1.165) is 12.2 Å². The fourth-order valence-electron chi connectivity index (χ4n) is 0.216. The predicted molar refractivity (Wildman–Crippen MR) is 45.8 cm³/mol. The maximum Gasteiger partial charge on any atom is 0.332 e. The molecule has 0 fully saturated rings. The van der Waals surface area contributed by atoms with Gasteiger partial charge in [0.1, 0.15) is 0 Å². The SMILES string of the molecule is C=CC(=O)O.C=CC(=O)OC(C)O. The highest BCUT2D eigenvalue weighted by Gasteiger charge is 1.97. The molecular weight excluding hydrogens is 176 g/mol. The van der Waals surface area contributed by atoms with Crippen LogP contribution in [-0.4, -0.2) is 28.4 Å². The minimum atomic E-state index is -1.04. The van der Waals surface area contributed by atoms with Crippen LogP contribution in [0.25, 0.3) is 0 Å². The first-order chi connectivity index (χ1) is 5.93. The Morgan fingerprint density at radius 3 is 1.85 bits per heavy atom. The Bertz CT molecular complexity index is 195. The third kappa shape index (κ3) is 17.9. The summed E-state index contributed by atoms with van der Waals surface area (Å²) in [5.74, 6) is -1.59. The predicted octanol–water partition coefficient (Wildman–Crippen LogP) is 0.311. The second kappa shape index (κ2) is 8.48. The van der Waals surface area contributed by atoms with Crippen LogP contribution in [0.1, 0.15) is 6.92 Å². The second-order valence-electron chi connectivity index (χ2n) is 1.78. The monoisotopic (exact) mass is 188 g/mol. The van der Waals surface area contributed by atoms with Gasteiger partial charge in [-0.05, 0) is 6.92 Å². The molecule has 5 nitrogen and oxygen atoms in total. The molecular formula is C8H12O5. The van der Waals surface area contributed by atoms with Gasteiger partial charge in [-0.2, -0.15) is 0 Å². The lowest BCUT2D eigenvalue weighted by Crippen LogP contribution is -2.10. The van der Waals surface area contributed by atoms with Crippen LogP contribution in [0.5, 0.6) is 0 Å². The van der Waals surface area contributed by atoms with Crippen LogP contribution in [0.4, 0.5) is 0 Å². The van der Waals surface area contributed by atoms with E-state index < -0.39 is 18.2 Å². The van der Waals surface area contributed by atoms with Crippen molar-refractivity contribution in [3.8, 4) is 0 Å². The first-order valence-electron chi connectivity index (χ1n) is 3.30. The maximum absolute atomic E-state index is 10.1. The van der Waals surface area contributed by atoms with Crippen molar-refractivity contribution in [1.29, 1.82) is 0 Å². The number of carboxylic acid groups (broad SMARTS) is 1. The summed E-state index contributed by atoms with van der Waals surface area (Å²) in [5.41, 5.74) is 0. The number of aliphatic hydroxyl groups excluding tert-OH is 1. The number of ether oxygens (including phenoxy) is 1. The third-order valence-corrected chi connectivity index (χ3v) is 0.628.